The summed E-state index contributed by atoms with van der Waals surface area (Å²) in [4.78, 5) is 14.1. The van der Waals surface area contributed by atoms with E-state index in [9.17, 15) is 13.2 Å². The van der Waals surface area contributed by atoms with Crippen LogP contribution in [0.3, 0.4) is 0 Å². The smallest absolute Gasteiger partial charge is 0.289 e. The molecule has 2 aromatic rings. The van der Waals surface area contributed by atoms with E-state index in [1.165, 1.54) is 22.7 Å². The molecule has 0 radical (unpaired) electrons. The van der Waals surface area contributed by atoms with E-state index in [0.717, 1.165) is 0 Å². The third-order valence-electron chi connectivity index (χ3n) is 4.41. The Bertz CT molecular complexity index is 903. The Labute approximate surface area is 164 Å². The van der Waals surface area contributed by atoms with Gasteiger partial charge in [-0.25, -0.2) is 8.42 Å². The van der Waals surface area contributed by atoms with Crippen molar-refractivity contribution in [3.63, 3.8) is 0 Å². The van der Waals surface area contributed by atoms with Crippen LogP contribution < -0.4 is 9.47 Å². The molecule has 28 heavy (non-hydrogen) atoms. The van der Waals surface area contributed by atoms with Crippen molar-refractivity contribution in [2.75, 3.05) is 39.4 Å². The van der Waals surface area contributed by atoms with Crippen LogP contribution in [-0.2, 0) is 10.0 Å². The zero-order valence-electron chi connectivity index (χ0n) is 16.0. The lowest BCUT2D eigenvalue weighted by atomic mass is 10.3. The lowest BCUT2D eigenvalue weighted by molar-refractivity contribution is 0.0666. The highest BCUT2D eigenvalue weighted by Gasteiger charge is 2.31. The minimum absolute atomic E-state index is 0.144. The third-order valence-corrected chi connectivity index (χ3v) is 6.31. The Morgan fingerprint density at radius 1 is 1.04 bits per heavy atom. The van der Waals surface area contributed by atoms with Gasteiger partial charge in [-0.2, -0.15) is 4.31 Å². The zero-order valence-corrected chi connectivity index (χ0v) is 16.8. The number of rotatable bonds is 7. The summed E-state index contributed by atoms with van der Waals surface area (Å²) in [7, 11) is -3.70. The van der Waals surface area contributed by atoms with E-state index in [0.29, 0.717) is 37.8 Å². The van der Waals surface area contributed by atoms with Gasteiger partial charge in [-0.1, -0.05) is 0 Å². The van der Waals surface area contributed by atoms with Gasteiger partial charge in [0.2, 0.25) is 10.0 Å². The molecule has 152 valence electrons. The lowest BCUT2D eigenvalue weighted by Gasteiger charge is -2.33. The van der Waals surface area contributed by atoms with Crippen LogP contribution in [0, 0.1) is 0 Å². The van der Waals surface area contributed by atoms with Crippen LogP contribution in [0.25, 0.3) is 0 Å². The van der Waals surface area contributed by atoms with Gasteiger partial charge < -0.3 is 18.8 Å². The average Bonchev–Trinajstić information content (AvgIpc) is 3.24. The first-order valence-corrected chi connectivity index (χ1v) is 10.6. The molecule has 0 atom stereocenters. The molecular formula is C19H24N2O6S. The number of amides is 1. The lowest BCUT2D eigenvalue weighted by Crippen LogP contribution is -2.50. The van der Waals surface area contributed by atoms with E-state index in [2.05, 4.69) is 0 Å². The average molecular weight is 408 g/mol. The number of piperazine rings is 1. The van der Waals surface area contributed by atoms with Crippen molar-refractivity contribution in [3.8, 4) is 11.5 Å². The molecule has 1 aliphatic heterocycles. The van der Waals surface area contributed by atoms with Gasteiger partial charge in [-0.3, -0.25) is 4.79 Å². The van der Waals surface area contributed by atoms with Crippen LogP contribution >= 0.6 is 0 Å². The van der Waals surface area contributed by atoms with Gasteiger partial charge in [0.1, 0.15) is 0 Å². The summed E-state index contributed by atoms with van der Waals surface area (Å²) in [5, 5.41) is 0. The van der Waals surface area contributed by atoms with Crippen LogP contribution in [0.2, 0.25) is 0 Å². The quantitative estimate of drug-likeness (QED) is 0.698. The van der Waals surface area contributed by atoms with Gasteiger partial charge >= 0.3 is 0 Å². The molecule has 3 rings (SSSR count). The van der Waals surface area contributed by atoms with Crippen molar-refractivity contribution >= 4 is 15.9 Å². The van der Waals surface area contributed by atoms with Crippen LogP contribution in [0.5, 0.6) is 11.5 Å². The van der Waals surface area contributed by atoms with E-state index < -0.39 is 10.0 Å². The fourth-order valence-corrected chi connectivity index (χ4v) is 4.47. The summed E-state index contributed by atoms with van der Waals surface area (Å²) in [5.41, 5.74) is 0. The first-order valence-electron chi connectivity index (χ1n) is 9.20. The number of ether oxygens (including phenoxy) is 2. The number of hydrogen-bond donors (Lipinski definition) is 0. The number of nitrogens with zero attached hydrogens (tertiary/aromatic N) is 2. The Morgan fingerprint density at radius 2 is 1.71 bits per heavy atom. The highest BCUT2D eigenvalue weighted by molar-refractivity contribution is 7.89. The third kappa shape index (κ3) is 4.15. The molecule has 9 heteroatoms. The van der Waals surface area contributed by atoms with Crippen LogP contribution in [-0.4, -0.2) is 62.9 Å². The molecular weight excluding hydrogens is 384 g/mol. The minimum atomic E-state index is -3.70. The predicted molar refractivity (Wildman–Crippen MR) is 102 cm³/mol. The molecule has 0 spiro atoms. The van der Waals surface area contributed by atoms with Crippen molar-refractivity contribution in [2.45, 2.75) is 18.7 Å². The summed E-state index contributed by atoms with van der Waals surface area (Å²) in [5.74, 6) is 0.931. The maximum atomic E-state index is 13.0. The summed E-state index contributed by atoms with van der Waals surface area (Å²) in [6.45, 7) is 5.56. The molecule has 2 heterocycles. The van der Waals surface area contributed by atoms with E-state index in [4.69, 9.17) is 13.9 Å². The fraction of sp³-hybridized carbons (Fsp3) is 0.421. The van der Waals surface area contributed by atoms with Crippen LogP contribution in [0.15, 0.2) is 45.9 Å². The SMILES string of the molecule is CCOc1ccc(S(=O)(=O)N2CCN(C(=O)c3ccco3)CC2)cc1OCC. The highest BCUT2D eigenvalue weighted by atomic mass is 32.2. The molecule has 0 bridgehead atoms. The number of carbonyl (C=O) groups is 1. The maximum absolute atomic E-state index is 13.0. The first-order chi connectivity index (χ1) is 13.5. The maximum Gasteiger partial charge on any atom is 0.289 e. The van der Waals surface area contributed by atoms with Crippen molar-refractivity contribution in [3.05, 3.63) is 42.4 Å². The largest absolute Gasteiger partial charge is 0.490 e. The Balaban J connectivity index is 1.73. The van der Waals surface area contributed by atoms with Crippen LogP contribution in [0.4, 0.5) is 0 Å². The molecule has 0 N–H and O–H groups in total. The number of benzene rings is 1. The molecule has 1 aromatic carbocycles. The van der Waals surface area contributed by atoms with Crippen molar-refractivity contribution in [1.29, 1.82) is 0 Å². The molecule has 0 aliphatic carbocycles. The molecule has 1 aliphatic rings. The normalized spacial score (nSPS) is 15.4. The second kappa shape index (κ2) is 8.66. The molecule has 0 unspecified atom stereocenters. The monoisotopic (exact) mass is 408 g/mol. The molecule has 1 fully saturated rings. The summed E-state index contributed by atoms with van der Waals surface area (Å²) in [6.07, 6.45) is 1.44. The molecule has 8 nitrogen and oxygen atoms in total. The standard InChI is InChI=1S/C19H24N2O6S/c1-3-25-16-8-7-15(14-18(16)26-4-2)28(23,24)21-11-9-20(10-12-21)19(22)17-6-5-13-27-17/h5-8,13-14H,3-4,9-12H2,1-2H3. The Morgan fingerprint density at radius 3 is 2.32 bits per heavy atom. The summed E-state index contributed by atoms with van der Waals surface area (Å²) < 4.78 is 43.6. The second-order valence-electron chi connectivity index (χ2n) is 6.15. The zero-order chi connectivity index (χ0) is 20.1. The number of furan rings is 1. The van der Waals surface area contributed by atoms with Gasteiger partial charge in [-0.15, -0.1) is 0 Å². The summed E-state index contributed by atoms with van der Waals surface area (Å²) in [6, 6.07) is 7.86. The molecule has 1 amide bonds. The highest BCUT2D eigenvalue weighted by Crippen LogP contribution is 2.31. The minimum Gasteiger partial charge on any atom is -0.490 e. The first kappa shape index (κ1) is 20.2. The number of sulfonamides is 1. The van der Waals surface area contributed by atoms with Gasteiger partial charge in [0, 0.05) is 32.2 Å². The van der Waals surface area contributed by atoms with E-state index >= 15 is 0 Å². The van der Waals surface area contributed by atoms with E-state index in [-0.39, 0.29) is 29.7 Å². The second-order valence-corrected chi connectivity index (χ2v) is 8.09. The summed E-state index contributed by atoms with van der Waals surface area (Å²) >= 11 is 0. The van der Waals surface area contributed by atoms with Gasteiger partial charge in [-0.05, 0) is 38.1 Å². The Hall–Kier alpha value is -2.52. The number of carbonyl (C=O) groups excluding carboxylic acids is 1. The fourth-order valence-electron chi connectivity index (χ4n) is 3.03. The Kier molecular flexibility index (Phi) is 6.25. The molecule has 1 aromatic heterocycles. The molecule has 0 saturated carbocycles. The number of hydrogen-bond acceptors (Lipinski definition) is 6. The van der Waals surface area contributed by atoms with E-state index in [1.807, 2.05) is 13.8 Å². The predicted octanol–water partition coefficient (Wildman–Crippen LogP) is 2.22. The van der Waals surface area contributed by atoms with Crippen molar-refractivity contribution < 1.29 is 27.1 Å². The van der Waals surface area contributed by atoms with Crippen molar-refractivity contribution in [2.24, 2.45) is 0 Å². The van der Waals surface area contributed by atoms with Gasteiger partial charge in [0.05, 0.1) is 24.4 Å². The van der Waals surface area contributed by atoms with Crippen molar-refractivity contribution in [1.82, 2.24) is 9.21 Å². The van der Waals surface area contributed by atoms with Gasteiger partial charge in [0.15, 0.2) is 17.3 Å². The van der Waals surface area contributed by atoms with Crippen LogP contribution in [0.1, 0.15) is 24.4 Å². The van der Waals surface area contributed by atoms with E-state index in [1.54, 1.807) is 23.1 Å². The topological polar surface area (TPSA) is 89.3 Å². The molecule has 1 saturated heterocycles. The van der Waals surface area contributed by atoms with Gasteiger partial charge in [0.25, 0.3) is 5.91 Å².